The largest absolute Gasteiger partial charge is 0.497 e. The Morgan fingerprint density at radius 2 is 2.00 bits per heavy atom. The normalized spacial score (nSPS) is 10.2. The summed E-state index contributed by atoms with van der Waals surface area (Å²) in [6.07, 6.45) is 1.85. The lowest BCUT2D eigenvalue weighted by Gasteiger charge is -2.01. The fourth-order valence-electron chi connectivity index (χ4n) is 1.39. The van der Waals surface area contributed by atoms with Crippen LogP contribution in [-0.4, -0.2) is 34.6 Å². The number of hydrogen-bond acceptors (Lipinski definition) is 5. The van der Waals surface area contributed by atoms with E-state index in [1.54, 1.807) is 31.4 Å². The Morgan fingerprint density at radius 3 is 2.59 bits per heavy atom. The molecule has 17 heavy (non-hydrogen) atoms. The highest BCUT2D eigenvalue weighted by atomic mass is 32.2. The van der Waals surface area contributed by atoms with Crippen molar-refractivity contribution >= 4 is 17.5 Å². The molecule has 0 unspecified atom stereocenters. The summed E-state index contributed by atoms with van der Waals surface area (Å²) in [5.41, 5.74) is 0.915. The number of benzene rings is 1. The van der Waals surface area contributed by atoms with Gasteiger partial charge >= 0.3 is 0 Å². The molecule has 0 radical (unpaired) electrons. The molecule has 5 nitrogen and oxygen atoms in total. The van der Waals surface area contributed by atoms with E-state index in [-0.39, 0.29) is 5.78 Å². The molecule has 0 aliphatic rings. The minimum Gasteiger partial charge on any atom is -0.497 e. The van der Waals surface area contributed by atoms with E-state index < -0.39 is 0 Å². The van der Waals surface area contributed by atoms with Crippen molar-refractivity contribution < 1.29 is 9.53 Å². The highest BCUT2D eigenvalue weighted by Crippen LogP contribution is 2.19. The third-order valence-electron chi connectivity index (χ3n) is 2.28. The zero-order chi connectivity index (χ0) is 12.3. The van der Waals surface area contributed by atoms with E-state index in [9.17, 15) is 4.79 Å². The first kappa shape index (κ1) is 11.7. The number of aromatic amines is 1. The number of ketones is 1. The fourth-order valence-corrected chi connectivity index (χ4v) is 1.85. The summed E-state index contributed by atoms with van der Waals surface area (Å²) in [4.78, 5) is 12.1. The van der Waals surface area contributed by atoms with Crippen molar-refractivity contribution in [3.8, 4) is 5.75 Å². The first-order valence-corrected chi connectivity index (χ1v) is 6.12. The van der Waals surface area contributed by atoms with Crippen molar-refractivity contribution in [2.24, 2.45) is 0 Å². The van der Waals surface area contributed by atoms with Crippen LogP contribution < -0.4 is 4.74 Å². The molecule has 0 saturated heterocycles. The van der Waals surface area contributed by atoms with Gasteiger partial charge in [0.05, 0.1) is 7.11 Å². The van der Waals surface area contributed by atoms with Gasteiger partial charge in [0.25, 0.3) is 0 Å². The Kier molecular flexibility index (Phi) is 3.43. The van der Waals surface area contributed by atoms with Crippen LogP contribution in [0, 0.1) is 0 Å². The summed E-state index contributed by atoms with van der Waals surface area (Å²) in [5.74, 6) is 0.567. The number of H-pyrrole nitrogens is 1. The van der Waals surface area contributed by atoms with E-state index >= 15 is 0 Å². The predicted octanol–water partition coefficient (Wildman–Crippen LogP) is 1.77. The molecule has 2 rings (SSSR count). The zero-order valence-corrected chi connectivity index (χ0v) is 10.2. The molecule has 0 aliphatic carbocycles. The van der Waals surface area contributed by atoms with E-state index in [1.807, 2.05) is 6.26 Å². The lowest BCUT2D eigenvalue weighted by Crippen LogP contribution is -2.03. The second-order valence-electron chi connectivity index (χ2n) is 3.24. The fraction of sp³-hybridized carbons (Fsp3) is 0.182. The molecular formula is C11H11N3O2S. The van der Waals surface area contributed by atoms with Crippen molar-refractivity contribution in [3.05, 3.63) is 35.5 Å². The number of thioether (sulfide) groups is 1. The highest BCUT2D eigenvalue weighted by Gasteiger charge is 2.17. The van der Waals surface area contributed by atoms with Crippen molar-refractivity contribution in [1.29, 1.82) is 0 Å². The lowest BCUT2D eigenvalue weighted by atomic mass is 10.1. The van der Waals surface area contributed by atoms with Gasteiger partial charge in [-0.15, -0.1) is 16.9 Å². The van der Waals surface area contributed by atoms with Crippen LogP contribution in [-0.2, 0) is 0 Å². The van der Waals surface area contributed by atoms with Gasteiger partial charge in [0, 0.05) is 5.56 Å². The average Bonchev–Trinajstić information content (AvgIpc) is 2.86. The molecule has 0 amide bonds. The van der Waals surface area contributed by atoms with Crippen LogP contribution in [0.1, 0.15) is 16.1 Å². The van der Waals surface area contributed by atoms with Gasteiger partial charge < -0.3 is 4.74 Å². The summed E-state index contributed by atoms with van der Waals surface area (Å²) in [6.45, 7) is 0. The summed E-state index contributed by atoms with van der Waals surface area (Å²) in [5, 5.41) is 10.8. The number of methoxy groups -OCH3 is 1. The second kappa shape index (κ2) is 5.01. The molecular weight excluding hydrogens is 238 g/mol. The third-order valence-corrected chi connectivity index (χ3v) is 2.95. The minimum atomic E-state index is -0.147. The number of nitrogens with zero attached hydrogens (tertiary/aromatic N) is 2. The van der Waals surface area contributed by atoms with Gasteiger partial charge in [-0.2, -0.15) is 10.3 Å². The quantitative estimate of drug-likeness (QED) is 0.660. The average molecular weight is 249 g/mol. The Hall–Kier alpha value is -1.82. The van der Waals surface area contributed by atoms with Gasteiger partial charge in [0.2, 0.25) is 5.78 Å². The summed E-state index contributed by atoms with van der Waals surface area (Å²) >= 11 is 1.38. The molecule has 0 fully saturated rings. The molecule has 2 aromatic rings. The topological polar surface area (TPSA) is 67.9 Å². The second-order valence-corrected chi connectivity index (χ2v) is 4.03. The Balaban J connectivity index is 2.30. The standard InChI is InChI=1S/C11H11N3O2S/c1-16-8-5-3-7(4-6-8)10(15)9-11(17-2)13-14-12-9/h3-6H,1-2H3,(H,12,13,14). The van der Waals surface area contributed by atoms with Crippen LogP contribution >= 0.6 is 11.8 Å². The SMILES string of the molecule is COc1ccc(C(=O)c2n[nH]nc2SC)cc1. The Labute approximate surface area is 103 Å². The number of hydrogen-bond donors (Lipinski definition) is 1. The van der Waals surface area contributed by atoms with Crippen molar-refractivity contribution in [3.63, 3.8) is 0 Å². The van der Waals surface area contributed by atoms with E-state index in [1.165, 1.54) is 11.8 Å². The maximum atomic E-state index is 12.1. The van der Waals surface area contributed by atoms with Crippen LogP contribution in [0.15, 0.2) is 29.3 Å². The van der Waals surface area contributed by atoms with Crippen LogP contribution in [0.4, 0.5) is 0 Å². The minimum absolute atomic E-state index is 0.147. The maximum absolute atomic E-state index is 12.1. The molecule has 0 bridgehead atoms. The van der Waals surface area contributed by atoms with Crippen LogP contribution in [0.2, 0.25) is 0 Å². The van der Waals surface area contributed by atoms with Crippen LogP contribution in [0.5, 0.6) is 5.75 Å². The van der Waals surface area contributed by atoms with Gasteiger partial charge in [0.15, 0.2) is 5.69 Å². The van der Waals surface area contributed by atoms with Crippen LogP contribution in [0.3, 0.4) is 0 Å². The maximum Gasteiger partial charge on any atom is 0.216 e. The van der Waals surface area contributed by atoms with Crippen molar-refractivity contribution in [2.45, 2.75) is 5.03 Å². The number of carbonyl (C=O) groups is 1. The van der Waals surface area contributed by atoms with E-state index in [0.29, 0.717) is 22.0 Å². The zero-order valence-electron chi connectivity index (χ0n) is 9.43. The van der Waals surface area contributed by atoms with E-state index in [0.717, 1.165) is 0 Å². The number of nitrogens with one attached hydrogen (secondary N) is 1. The van der Waals surface area contributed by atoms with Gasteiger partial charge in [-0.25, -0.2) is 0 Å². The van der Waals surface area contributed by atoms with Crippen molar-refractivity contribution in [2.75, 3.05) is 13.4 Å². The Bertz CT molecular complexity index is 522. The number of rotatable bonds is 4. The number of carbonyl (C=O) groups excluding carboxylic acids is 1. The van der Waals surface area contributed by atoms with E-state index in [2.05, 4.69) is 15.4 Å². The smallest absolute Gasteiger partial charge is 0.216 e. The third kappa shape index (κ3) is 2.31. The molecule has 1 aromatic carbocycles. The lowest BCUT2D eigenvalue weighted by molar-refractivity contribution is 0.103. The Morgan fingerprint density at radius 1 is 1.29 bits per heavy atom. The molecule has 1 heterocycles. The summed E-state index contributed by atoms with van der Waals surface area (Å²) < 4.78 is 5.03. The van der Waals surface area contributed by atoms with Gasteiger partial charge in [-0.1, -0.05) is 0 Å². The molecule has 1 N–H and O–H groups in total. The monoisotopic (exact) mass is 249 g/mol. The molecule has 1 aromatic heterocycles. The first-order chi connectivity index (χ1) is 8.26. The van der Waals surface area contributed by atoms with Gasteiger partial charge in [-0.05, 0) is 30.5 Å². The molecule has 0 aliphatic heterocycles. The summed E-state index contributed by atoms with van der Waals surface area (Å²) in [7, 11) is 1.58. The van der Waals surface area contributed by atoms with Crippen molar-refractivity contribution in [1.82, 2.24) is 15.4 Å². The molecule has 6 heteroatoms. The molecule has 88 valence electrons. The summed E-state index contributed by atoms with van der Waals surface area (Å²) in [6, 6.07) is 6.90. The van der Waals surface area contributed by atoms with Gasteiger partial charge in [-0.3, -0.25) is 4.79 Å². The predicted molar refractivity (Wildman–Crippen MR) is 64.6 cm³/mol. The molecule has 0 atom stereocenters. The number of ether oxygens (including phenoxy) is 1. The van der Waals surface area contributed by atoms with Gasteiger partial charge in [0.1, 0.15) is 10.8 Å². The number of aromatic nitrogens is 3. The highest BCUT2D eigenvalue weighted by molar-refractivity contribution is 7.98. The van der Waals surface area contributed by atoms with E-state index in [4.69, 9.17) is 4.74 Å². The first-order valence-electron chi connectivity index (χ1n) is 4.89. The molecule has 0 saturated carbocycles. The molecule has 0 spiro atoms. The van der Waals surface area contributed by atoms with Crippen LogP contribution in [0.25, 0.3) is 0 Å².